The molecule has 0 atom stereocenters. The van der Waals surface area contributed by atoms with E-state index in [0.29, 0.717) is 17.5 Å². The van der Waals surface area contributed by atoms with Crippen molar-refractivity contribution in [2.75, 3.05) is 0 Å². The van der Waals surface area contributed by atoms with E-state index in [-0.39, 0.29) is 0 Å². The van der Waals surface area contributed by atoms with Gasteiger partial charge in [-0.3, -0.25) is 0 Å². The van der Waals surface area contributed by atoms with Crippen molar-refractivity contribution in [1.29, 1.82) is 0 Å². The molecule has 9 aromatic rings. The van der Waals surface area contributed by atoms with Crippen LogP contribution in [-0.2, 0) is 0 Å². The Labute approximate surface area is 271 Å². The van der Waals surface area contributed by atoms with Crippen LogP contribution in [-0.4, -0.2) is 19.5 Å². The lowest BCUT2D eigenvalue weighted by Crippen LogP contribution is -2.01. The number of hydrogen-bond acceptors (Lipinski definition) is 3. The quantitative estimate of drug-likeness (QED) is 0.202. The molecule has 1 aliphatic rings. The molecule has 2 heterocycles. The van der Waals surface area contributed by atoms with Gasteiger partial charge in [0.05, 0.1) is 11.0 Å². The summed E-state index contributed by atoms with van der Waals surface area (Å²) in [5.74, 6) is 1.99. The molecule has 0 aliphatic heterocycles. The highest BCUT2D eigenvalue weighted by Gasteiger charge is 2.27. The fourth-order valence-electron chi connectivity index (χ4n) is 7.31. The van der Waals surface area contributed by atoms with Crippen molar-refractivity contribution in [3.05, 3.63) is 158 Å². The molecule has 2 aromatic heterocycles. The Balaban J connectivity index is 1.22. The Morgan fingerprint density at radius 3 is 1.62 bits per heavy atom. The summed E-state index contributed by atoms with van der Waals surface area (Å²) in [6.07, 6.45) is 0. The zero-order valence-corrected chi connectivity index (χ0v) is 25.3. The third-order valence-electron chi connectivity index (χ3n) is 9.39. The molecule has 0 radical (unpaired) electrons. The van der Waals surface area contributed by atoms with Crippen LogP contribution in [0.4, 0.5) is 0 Å². The second kappa shape index (κ2) is 10.1. The van der Waals surface area contributed by atoms with Crippen LogP contribution in [0.3, 0.4) is 0 Å². The molecule has 4 nitrogen and oxygen atoms in total. The highest BCUT2D eigenvalue weighted by Crippen LogP contribution is 2.51. The summed E-state index contributed by atoms with van der Waals surface area (Å²) in [5, 5.41) is 4.96. The lowest BCUT2D eigenvalue weighted by molar-refractivity contribution is 1.07. The summed E-state index contributed by atoms with van der Waals surface area (Å²) >= 11 is 0. The Morgan fingerprint density at radius 1 is 0.383 bits per heavy atom. The molecule has 0 fully saturated rings. The SMILES string of the molecule is c1ccc(-c2nc(-c3ccccc3)nc(-c3ccc4cccc5c4c3-c3ccc(-n4c6ccccc6c6ccccc64)cc3-5)n2)cc1. The van der Waals surface area contributed by atoms with Gasteiger partial charge in [0.2, 0.25) is 0 Å². The van der Waals surface area contributed by atoms with Crippen LogP contribution in [0.5, 0.6) is 0 Å². The van der Waals surface area contributed by atoms with E-state index >= 15 is 0 Å². The monoisotopic (exact) mass is 598 g/mol. The molecular formula is C43H26N4. The molecule has 0 amide bonds. The van der Waals surface area contributed by atoms with Crippen molar-refractivity contribution in [3.8, 4) is 62.1 Å². The minimum Gasteiger partial charge on any atom is -0.309 e. The number of hydrogen-bond donors (Lipinski definition) is 0. The third kappa shape index (κ3) is 3.92. The maximum Gasteiger partial charge on any atom is 0.164 e. The molecule has 0 saturated heterocycles. The van der Waals surface area contributed by atoms with Gasteiger partial charge in [-0.15, -0.1) is 0 Å². The summed E-state index contributed by atoms with van der Waals surface area (Å²) in [6, 6.07) is 55.5. The summed E-state index contributed by atoms with van der Waals surface area (Å²) in [7, 11) is 0. The highest BCUT2D eigenvalue weighted by atomic mass is 15.0. The zero-order chi connectivity index (χ0) is 30.9. The van der Waals surface area contributed by atoms with Gasteiger partial charge < -0.3 is 4.57 Å². The largest absolute Gasteiger partial charge is 0.309 e. The Morgan fingerprint density at radius 2 is 0.957 bits per heavy atom. The first-order valence-electron chi connectivity index (χ1n) is 15.9. The maximum absolute atomic E-state index is 5.11. The first-order valence-corrected chi connectivity index (χ1v) is 15.9. The fraction of sp³-hybridized carbons (Fsp3) is 0. The number of fused-ring (bicyclic) bond motifs is 6. The van der Waals surface area contributed by atoms with Gasteiger partial charge in [-0.1, -0.05) is 127 Å². The highest BCUT2D eigenvalue weighted by molar-refractivity contribution is 6.19. The summed E-state index contributed by atoms with van der Waals surface area (Å²) in [6.45, 7) is 0. The summed E-state index contributed by atoms with van der Waals surface area (Å²) in [5.41, 5.74) is 11.3. The van der Waals surface area contributed by atoms with Crippen LogP contribution in [0.15, 0.2) is 158 Å². The first-order chi connectivity index (χ1) is 23.3. The van der Waals surface area contributed by atoms with Crippen molar-refractivity contribution in [1.82, 2.24) is 19.5 Å². The van der Waals surface area contributed by atoms with E-state index < -0.39 is 0 Å². The van der Waals surface area contributed by atoms with E-state index in [4.69, 9.17) is 15.0 Å². The van der Waals surface area contributed by atoms with Gasteiger partial charge >= 0.3 is 0 Å². The second-order valence-corrected chi connectivity index (χ2v) is 12.0. The molecular weight excluding hydrogens is 573 g/mol. The van der Waals surface area contributed by atoms with E-state index in [1.165, 1.54) is 54.8 Å². The average molecular weight is 599 g/mol. The molecule has 218 valence electrons. The zero-order valence-electron chi connectivity index (χ0n) is 25.3. The number of para-hydroxylation sites is 2. The van der Waals surface area contributed by atoms with Gasteiger partial charge in [0, 0.05) is 38.7 Å². The van der Waals surface area contributed by atoms with E-state index in [1.54, 1.807) is 0 Å². The summed E-state index contributed by atoms with van der Waals surface area (Å²) < 4.78 is 2.39. The molecule has 0 bridgehead atoms. The van der Waals surface area contributed by atoms with Crippen molar-refractivity contribution in [2.45, 2.75) is 0 Å². The molecule has 47 heavy (non-hydrogen) atoms. The molecule has 4 heteroatoms. The second-order valence-electron chi connectivity index (χ2n) is 12.0. The van der Waals surface area contributed by atoms with E-state index in [0.717, 1.165) is 22.4 Å². The van der Waals surface area contributed by atoms with Crippen molar-refractivity contribution in [2.24, 2.45) is 0 Å². The van der Waals surface area contributed by atoms with Gasteiger partial charge in [0.25, 0.3) is 0 Å². The topological polar surface area (TPSA) is 43.6 Å². The minimum atomic E-state index is 0.662. The Hall–Kier alpha value is -6.39. The number of benzene rings is 7. The minimum absolute atomic E-state index is 0.662. The maximum atomic E-state index is 5.11. The number of rotatable bonds is 4. The smallest absolute Gasteiger partial charge is 0.164 e. The van der Waals surface area contributed by atoms with E-state index in [1.807, 2.05) is 36.4 Å². The predicted molar refractivity (Wildman–Crippen MR) is 192 cm³/mol. The fourth-order valence-corrected chi connectivity index (χ4v) is 7.31. The van der Waals surface area contributed by atoms with Crippen molar-refractivity contribution < 1.29 is 0 Å². The van der Waals surface area contributed by atoms with Crippen LogP contribution in [0.1, 0.15) is 0 Å². The Bertz CT molecular complexity index is 2560. The van der Waals surface area contributed by atoms with Crippen LogP contribution in [0.2, 0.25) is 0 Å². The third-order valence-corrected chi connectivity index (χ3v) is 9.39. The molecule has 0 spiro atoms. The summed E-state index contributed by atoms with van der Waals surface area (Å²) in [4.78, 5) is 15.2. The lowest BCUT2D eigenvalue weighted by Gasteiger charge is -2.13. The van der Waals surface area contributed by atoms with Gasteiger partial charge in [-0.25, -0.2) is 15.0 Å². The van der Waals surface area contributed by atoms with Crippen LogP contribution < -0.4 is 0 Å². The van der Waals surface area contributed by atoms with Crippen molar-refractivity contribution >= 4 is 32.6 Å². The normalized spacial score (nSPS) is 11.8. The standard InChI is InChI=1S/C43H26N4/c1-3-12-28(13-4-1)41-44-42(29-14-5-2-6-15-29)46-43(45-41)35-24-22-27-16-11-19-33-36-26-30(23-25-34(36)40(35)39(27)33)47-37-20-9-7-17-31(37)32-18-8-10-21-38(32)47/h1-26H. The van der Waals surface area contributed by atoms with Crippen LogP contribution in [0, 0.1) is 0 Å². The van der Waals surface area contributed by atoms with Crippen LogP contribution in [0.25, 0.3) is 94.7 Å². The van der Waals surface area contributed by atoms with E-state index in [2.05, 4.69) is 126 Å². The molecule has 0 saturated carbocycles. The van der Waals surface area contributed by atoms with Crippen LogP contribution >= 0.6 is 0 Å². The van der Waals surface area contributed by atoms with Gasteiger partial charge in [0.1, 0.15) is 0 Å². The molecule has 10 rings (SSSR count). The first kappa shape index (κ1) is 25.9. The molecule has 0 N–H and O–H groups in total. The molecule has 1 aliphatic carbocycles. The van der Waals surface area contributed by atoms with Crippen molar-refractivity contribution in [3.63, 3.8) is 0 Å². The Kier molecular flexibility index (Phi) is 5.54. The molecule has 0 unspecified atom stereocenters. The average Bonchev–Trinajstić information content (AvgIpc) is 3.66. The van der Waals surface area contributed by atoms with Gasteiger partial charge in [-0.05, 0) is 57.8 Å². The van der Waals surface area contributed by atoms with Gasteiger partial charge in [0.15, 0.2) is 17.5 Å². The number of nitrogens with zero attached hydrogens (tertiary/aromatic N) is 4. The van der Waals surface area contributed by atoms with Gasteiger partial charge in [-0.2, -0.15) is 0 Å². The molecule has 7 aromatic carbocycles. The van der Waals surface area contributed by atoms with E-state index in [9.17, 15) is 0 Å². The number of aromatic nitrogens is 4. The predicted octanol–water partition coefficient (Wildman–Crippen LogP) is 10.8. The lowest BCUT2D eigenvalue weighted by atomic mass is 9.97.